The van der Waals surface area contributed by atoms with Gasteiger partial charge in [0.1, 0.15) is 11.5 Å². The summed E-state index contributed by atoms with van der Waals surface area (Å²) < 4.78 is 37.6. The van der Waals surface area contributed by atoms with E-state index in [1.165, 1.54) is 12.1 Å². The molecular weight excluding hydrogens is 396 g/mol. The monoisotopic (exact) mass is 418 g/mol. The molecule has 0 radical (unpaired) electrons. The number of ether oxygens (including phenoxy) is 2. The molecule has 2 aliphatic rings. The molecule has 0 aliphatic carbocycles. The maximum Gasteiger partial charge on any atom is 0.250 e. The van der Waals surface area contributed by atoms with Crippen LogP contribution in [-0.4, -0.2) is 42.5 Å². The third-order valence-corrected chi connectivity index (χ3v) is 7.47. The fourth-order valence-electron chi connectivity index (χ4n) is 4.23. The number of benzene rings is 1. The van der Waals surface area contributed by atoms with Crippen molar-refractivity contribution in [2.45, 2.75) is 42.8 Å². The van der Waals surface area contributed by atoms with Gasteiger partial charge in [0.25, 0.3) is 5.91 Å². The van der Waals surface area contributed by atoms with E-state index in [1.54, 1.807) is 42.1 Å². The standard InChI is InChI=1S/C20H22N2O6S/c23-19(22-24)20(11-16-1-2-17(12-20)28-16)13-29(25,26)18-5-3-14(4-6-18)27-15-7-9-21-10-8-15/h3-10,16-17,24H,1-2,11-13H2,(H,22,23)/t16-,17+,20?. The fraction of sp³-hybridized carbons (Fsp3) is 0.400. The van der Waals surface area contributed by atoms with E-state index in [9.17, 15) is 18.4 Å². The van der Waals surface area contributed by atoms with Crippen molar-refractivity contribution in [3.8, 4) is 11.5 Å². The number of nitrogens with zero attached hydrogens (tertiary/aromatic N) is 1. The van der Waals surface area contributed by atoms with Crippen LogP contribution in [0.15, 0.2) is 53.7 Å². The summed E-state index contributed by atoms with van der Waals surface area (Å²) in [7, 11) is -3.78. The number of aromatic nitrogens is 1. The molecule has 2 bridgehead atoms. The minimum Gasteiger partial charge on any atom is -0.457 e. The zero-order chi connectivity index (χ0) is 20.5. The third kappa shape index (κ3) is 4.12. The van der Waals surface area contributed by atoms with Crippen LogP contribution in [0.1, 0.15) is 25.7 Å². The molecule has 2 aromatic rings. The van der Waals surface area contributed by atoms with Crippen molar-refractivity contribution in [3.05, 3.63) is 48.8 Å². The van der Waals surface area contributed by atoms with Gasteiger partial charge in [-0.05, 0) is 62.1 Å². The van der Waals surface area contributed by atoms with Crippen molar-refractivity contribution in [2.24, 2.45) is 5.41 Å². The molecule has 1 aromatic carbocycles. The topological polar surface area (TPSA) is 115 Å². The molecule has 2 saturated heterocycles. The number of sulfone groups is 1. The van der Waals surface area contributed by atoms with Gasteiger partial charge in [0.05, 0.1) is 28.3 Å². The number of amides is 1. The highest BCUT2D eigenvalue weighted by atomic mass is 32.2. The number of hydrogen-bond donors (Lipinski definition) is 2. The minimum atomic E-state index is -3.78. The molecule has 9 heteroatoms. The fourth-order valence-corrected chi connectivity index (χ4v) is 6.04. The molecule has 0 saturated carbocycles. The summed E-state index contributed by atoms with van der Waals surface area (Å²) in [5.41, 5.74) is 0.466. The third-order valence-electron chi connectivity index (χ3n) is 5.55. The molecule has 8 nitrogen and oxygen atoms in total. The maximum atomic E-state index is 13.1. The second kappa shape index (κ2) is 7.74. The number of fused-ring (bicyclic) bond motifs is 2. The van der Waals surface area contributed by atoms with Crippen molar-refractivity contribution in [1.82, 2.24) is 10.5 Å². The number of hydroxylamine groups is 1. The number of carbonyl (C=O) groups is 1. The molecule has 2 aliphatic heterocycles. The average molecular weight is 418 g/mol. The number of carbonyl (C=O) groups excluding carboxylic acids is 1. The van der Waals surface area contributed by atoms with Crippen LogP contribution in [0.5, 0.6) is 11.5 Å². The summed E-state index contributed by atoms with van der Waals surface area (Å²) in [6, 6.07) is 9.46. The SMILES string of the molecule is O=C(NO)C1(CS(=O)(=O)c2ccc(Oc3ccncc3)cc2)C[C@H]2CC[C@@H](C1)O2. The Bertz CT molecular complexity index is 966. The predicted molar refractivity (Wildman–Crippen MR) is 102 cm³/mol. The van der Waals surface area contributed by atoms with E-state index in [4.69, 9.17) is 9.47 Å². The van der Waals surface area contributed by atoms with Crippen LogP contribution in [-0.2, 0) is 19.4 Å². The van der Waals surface area contributed by atoms with Crippen LogP contribution in [0.4, 0.5) is 0 Å². The number of pyridine rings is 1. The summed E-state index contributed by atoms with van der Waals surface area (Å²) in [4.78, 5) is 16.5. The van der Waals surface area contributed by atoms with E-state index in [2.05, 4.69) is 4.98 Å². The van der Waals surface area contributed by atoms with E-state index < -0.39 is 21.2 Å². The largest absolute Gasteiger partial charge is 0.457 e. The van der Waals surface area contributed by atoms with E-state index in [1.807, 2.05) is 0 Å². The highest BCUT2D eigenvalue weighted by Gasteiger charge is 2.51. The van der Waals surface area contributed by atoms with Gasteiger partial charge in [-0.3, -0.25) is 15.0 Å². The Morgan fingerprint density at radius 1 is 1.10 bits per heavy atom. The first-order valence-corrected chi connectivity index (χ1v) is 11.1. The van der Waals surface area contributed by atoms with Crippen LogP contribution < -0.4 is 10.2 Å². The molecule has 4 rings (SSSR count). The Hall–Kier alpha value is -2.49. The smallest absolute Gasteiger partial charge is 0.250 e. The molecule has 2 fully saturated rings. The Morgan fingerprint density at radius 2 is 1.69 bits per heavy atom. The number of nitrogens with one attached hydrogen (secondary N) is 1. The van der Waals surface area contributed by atoms with Crippen molar-refractivity contribution in [1.29, 1.82) is 0 Å². The van der Waals surface area contributed by atoms with Crippen LogP contribution in [0.2, 0.25) is 0 Å². The van der Waals surface area contributed by atoms with Gasteiger partial charge in [-0.15, -0.1) is 0 Å². The number of hydrogen-bond acceptors (Lipinski definition) is 7. The second-order valence-corrected chi connectivity index (χ2v) is 9.59. The van der Waals surface area contributed by atoms with E-state index >= 15 is 0 Å². The Morgan fingerprint density at radius 3 is 2.28 bits per heavy atom. The second-order valence-electron chi connectivity index (χ2n) is 7.60. The minimum absolute atomic E-state index is 0.100. The lowest BCUT2D eigenvalue weighted by molar-refractivity contribution is -0.148. The van der Waals surface area contributed by atoms with Gasteiger partial charge >= 0.3 is 0 Å². The molecule has 29 heavy (non-hydrogen) atoms. The first-order chi connectivity index (χ1) is 13.9. The zero-order valence-electron chi connectivity index (χ0n) is 15.7. The quantitative estimate of drug-likeness (QED) is 0.547. The molecule has 1 unspecified atom stereocenters. The van der Waals surface area contributed by atoms with Crippen molar-refractivity contribution >= 4 is 15.7 Å². The molecule has 2 N–H and O–H groups in total. The van der Waals surface area contributed by atoms with Gasteiger partial charge in [-0.1, -0.05) is 0 Å². The van der Waals surface area contributed by atoms with Crippen LogP contribution in [0.3, 0.4) is 0 Å². The number of rotatable bonds is 6. The van der Waals surface area contributed by atoms with Crippen molar-refractivity contribution in [2.75, 3.05) is 5.75 Å². The average Bonchev–Trinajstić information content (AvgIpc) is 3.07. The van der Waals surface area contributed by atoms with Gasteiger partial charge in [-0.25, -0.2) is 13.9 Å². The maximum absolute atomic E-state index is 13.1. The van der Waals surface area contributed by atoms with Gasteiger partial charge in [-0.2, -0.15) is 0 Å². The zero-order valence-corrected chi connectivity index (χ0v) is 16.5. The van der Waals surface area contributed by atoms with Gasteiger partial charge < -0.3 is 9.47 Å². The molecule has 1 amide bonds. The molecule has 3 heterocycles. The lowest BCUT2D eigenvalue weighted by Gasteiger charge is -2.38. The van der Waals surface area contributed by atoms with E-state index in [-0.39, 0.29) is 35.7 Å². The first-order valence-electron chi connectivity index (χ1n) is 9.41. The van der Waals surface area contributed by atoms with Crippen molar-refractivity contribution < 1.29 is 27.9 Å². The molecule has 3 atom stereocenters. The molecule has 154 valence electrons. The van der Waals surface area contributed by atoms with Gasteiger partial charge in [0, 0.05) is 12.4 Å². The summed E-state index contributed by atoms with van der Waals surface area (Å²) in [6.45, 7) is 0. The Balaban J connectivity index is 1.55. The van der Waals surface area contributed by atoms with Crippen LogP contribution >= 0.6 is 0 Å². The first kappa shape index (κ1) is 19.8. The predicted octanol–water partition coefficient (Wildman–Crippen LogP) is 2.48. The molecule has 0 spiro atoms. The highest BCUT2D eigenvalue weighted by molar-refractivity contribution is 7.91. The summed E-state index contributed by atoms with van der Waals surface area (Å²) >= 11 is 0. The summed E-state index contributed by atoms with van der Waals surface area (Å²) in [5, 5.41) is 9.23. The molecular formula is C20H22N2O6S. The van der Waals surface area contributed by atoms with Crippen LogP contribution in [0, 0.1) is 5.41 Å². The Kier molecular flexibility index (Phi) is 5.28. The summed E-state index contributed by atoms with van der Waals surface area (Å²) in [6.07, 6.45) is 5.03. The molecule has 1 aromatic heterocycles. The van der Waals surface area contributed by atoms with Crippen LogP contribution in [0.25, 0.3) is 0 Å². The van der Waals surface area contributed by atoms with Crippen molar-refractivity contribution in [3.63, 3.8) is 0 Å². The van der Waals surface area contributed by atoms with Gasteiger partial charge in [0.15, 0.2) is 9.84 Å². The Labute approximate surface area is 168 Å². The van der Waals surface area contributed by atoms with Gasteiger partial charge in [0.2, 0.25) is 0 Å². The normalized spacial score (nSPS) is 26.1. The lowest BCUT2D eigenvalue weighted by atomic mass is 9.78. The van der Waals surface area contributed by atoms with E-state index in [0.717, 1.165) is 12.8 Å². The summed E-state index contributed by atoms with van der Waals surface area (Å²) in [5.74, 6) is 0.0284. The lowest BCUT2D eigenvalue weighted by Crippen LogP contribution is -2.50. The highest BCUT2D eigenvalue weighted by Crippen LogP contribution is 2.45. The van der Waals surface area contributed by atoms with E-state index in [0.29, 0.717) is 11.5 Å².